The molecule has 0 bridgehead atoms. The standard InChI is InChI=1S/C24H28N2O2/c1-27-23-14-21-9-12-25(13-10-22(21)15-24(23)28-2)17-20-8-11-26(18-20)16-19-6-4-3-5-7-19/h3-8,11,14-15,18H,9-10,12-13,16-17H2,1-2H3. The summed E-state index contributed by atoms with van der Waals surface area (Å²) in [6.07, 6.45) is 6.54. The predicted molar refractivity (Wildman–Crippen MR) is 112 cm³/mol. The summed E-state index contributed by atoms with van der Waals surface area (Å²) >= 11 is 0. The zero-order chi connectivity index (χ0) is 19.3. The lowest BCUT2D eigenvalue weighted by atomic mass is 10.0. The fourth-order valence-electron chi connectivity index (χ4n) is 3.99. The Labute approximate surface area is 167 Å². The number of benzene rings is 2. The van der Waals surface area contributed by atoms with Crippen molar-refractivity contribution in [2.24, 2.45) is 0 Å². The summed E-state index contributed by atoms with van der Waals surface area (Å²) in [5, 5.41) is 0. The Kier molecular flexibility index (Phi) is 5.68. The number of rotatable bonds is 6. The quantitative estimate of drug-likeness (QED) is 0.646. The van der Waals surface area contributed by atoms with Crippen LogP contribution in [0.4, 0.5) is 0 Å². The van der Waals surface area contributed by atoms with Gasteiger partial charge < -0.3 is 14.0 Å². The largest absolute Gasteiger partial charge is 0.493 e. The third kappa shape index (κ3) is 4.23. The number of nitrogens with zero attached hydrogens (tertiary/aromatic N) is 2. The maximum Gasteiger partial charge on any atom is 0.161 e. The van der Waals surface area contributed by atoms with Gasteiger partial charge in [0.05, 0.1) is 14.2 Å². The van der Waals surface area contributed by atoms with E-state index in [1.165, 1.54) is 22.3 Å². The maximum atomic E-state index is 5.48. The fourth-order valence-corrected chi connectivity index (χ4v) is 3.99. The molecule has 0 atom stereocenters. The summed E-state index contributed by atoms with van der Waals surface area (Å²) in [5.41, 5.74) is 5.46. The van der Waals surface area contributed by atoms with E-state index < -0.39 is 0 Å². The average Bonchev–Trinajstić information content (AvgIpc) is 3.07. The fraction of sp³-hybridized carbons (Fsp3) is 0.333. The molecule has 1 aliphatic heterocycles. The van der Waals surface area contributed by atoms with Crippen molar-refractivity contribution in [3.8, 4) is 11.5 Å². The maximum absolute atomic E-state index is 5.48. The Balaban J connectivity index is 1.40. The number of ether oxygens (including phenoxy) is 2. The molecule has 146 valence electrons. The van der Waals surface area contributed by atoms with Crippen LogP contribution in [0.15, 0.2) is 60.9 Å². The first-order valence-electron chi connectivity index (χ1n) is 9.90. The molecule has 1 aromatic heterocycles. The van der Waals surface area contributed by atoms with Gasteiger partial charge in [-0.25, -0.2) is 0 Å². The SMILES string of the molecule is COc1cc2c(cc1OC)CCN(Cc1ccn(Cc3ccccc3)c1)CC2. The van der Waals surface area contributed by atoms with Gasteiger partial charge in [-0.15, -0.1) is 0 Å². The monoisotopic (exact) mass is 376 g/mol. The molecule has 1 aliphatic rings. The molecule has 0 N–H and O–H groups in total. The molecule has 0 radical (unpaired) electrons. The third-order valence-corrected chi connectivity index (χ3v) is 5.53. The molecular weight excluding hydrogens is 348 g/mol. The van der Waals surface area contributed by atoms with E-state index in [1.54, 1.807) is 14.2 Å². The molecule has 0 spiro atoms. The van der Waals surface area contributed by atoms with Crippen LogP contribution in [0.25, 0.3) is 0 Å². The van der Waals surface area contributed by atoms with E-state index in [0.29, 0.717) is 0 Å². The van der Waals surface area contributed by atoms with Crippen LogP contribution in [0, 0.1) is 0 Å². The minimum absolute atomic E-state index is 0.827. The van der Waals surface area contributed by atoms with Gasteiger partial charge in [-0.2, -0.15) is 0 Å². The molecule has 4 heteroatoms. The second kappa shape index (κ2) is 8.53. The summed E-state index contributed by atoms with van der Waals surface area (Å²) in [6.45, 7) is 4.04. The van der Waals surface area contributed by atoms with Crippen molar-refractivity contribution in [2.45, 2.75) is 25.9 Å². The highest BCUT2D eigenvalue weighted by molar-refractivity contribution is 5.48. The molecule has 4 rings (SSSR count). The van der Waals surface area contributed by atoms with Crippen LogP contribution in [0.2, 0.25) is 0 Å². The van der Waals surface area contributed by atoms with E-state index in [1.807, 2.05) is 0 Å². The minimum atomic E-state index is 0.827. The van der Waals surface area contributed by atoms with Gasteiger partial charge >= 0.3 is 0 Å². The second-order valence-corrected chi connectivity index (χ2v) is 7.43. The third-order valence-electron chi connectivity index (χ3n) is 5.53. The molecule has 2 aromatic carbocycles. The van der Waals surface area contributed by atoms with Gasteiger partial charge in [-0.1, -0.05) is 30.3 Å². The topological polar surface area (TPSA) is 26.6 Å². The van der Waals surface area contributed by atoms with Gasteiger partial charge in [0.25, 0.3) is 0 Å². The zero-order valence-electron chi connectivity index (χ0n) is 16.7. The number of hydrogen-bond acceptors (Lipinski definition) is 3. The number of fused-ring (bicyclic) bond motifs is 1. The van der Waals surface area contributed by atoms with Crippen molar-refractivity contribution in [3.63, 3.8) is 0 Å². The molecule has 0 saturated heterocycles. The van der Waals surface area contributed by atoms with Gasteiger partial charge in [0.2, 0.25) is 0 Å². The van der Waals surface area contributed by atoms with E-state index in [9.17, 15) is 0 Å². The van der Waals surface area contributed by atoms with Gasteiger partial charge in [-0.3, -0.25) is 4.90 Å². The molecule has 0 aliphatic carbocycles. The van der Waals surface area contributed by atoms with E-state index in [2.05, 4.69) is 70.4 Å². The minimum Gasteiger partial charge on any atom is -0.493 e. The van der Waals surface area contributed by atoms with Gasteiger partial charge in [0.1, 0.15) is 0 Å². The van der Waals surface area contributed by atoms with Crippen LogP contribution in [0.1, 0.15) is 22.3 Å². The first-order chi connectivity index (χ1) is 13.7. The number of aromatic nitrogens is 1. The number of hydrogen-bond donors (Lipinski definition) is 0. The highest BCUT2D eigenvalue weighted by atomic mass is 16.5. The van der Waals surface area contributed by atoms with Crippen molar-refractivity contribution in [2.75, 3.05) is 27.3 Å². The Hall–Kier alpha value is -2.72. The van der Waals surface area contributed by atoms with Gasteiger partial charge in [0, 0.05) is 38.6 Å². The first-order valence-corrected chi connectivity index (χ1v) is 9.90. The molecule has 0 amide bonds. The number of methoxy groups -OCH3 is 2. The van der Waals surface area contributed by atoms with E-state index in [0.717, 1.165) is 50.5 Å². The van der Waals surface area contributed by atoms with E-state index >= 15 is 0 Å². The lowest BCUT2D eigenvalue weighted by Gasteiger charge is -2.18. The van der Waals surface area contributed by atoms with Crippen molar-refractivity contribution >= 4 is 0 Å². The lowest BCUT2D eigenvalue weighted by molar-refractivity contribution is 0.279. The van der Waals surface area contributed by atoms with Crippen molar-refractivity contribution < 1.29 is 9.47 Å². The lowest BCUT2D eigenvalue weighted by Crippen LogP contribution is -2.25. The summed E-state index contributed by atoms with van der Waals surface area (Å²) < 4.78 is 13.2. The molecule has 28 heavy (non-hydrogen) atoms. The highest BCUT2D eigenvalue weighted by Crippen LogP contribution is 2.32. The van der Waals surface area contributed by atoms with Gasteiger partial charge in [0.15, 0.2) is 11.5 Å². The molecule has 0 saturated carbocycles. The zero-order valence-corrected chi connectivity index (χ0v) is 16.7. The van der Waals surface area contributed by atoms with Crippen LogP contribution in [0.3, 0.4) is 0 Å². The van der Waals surface area contributed by atoms with E-state index in [-0.39, 0.29) is 0 Å². The predicted octanol–water partition coefficient (Wildman–Crippen LogP) is 4.15. The molecule has 0 unspecified atom stereocenters. The molecular formula is C24H28N2O2. The van der Waals surface area contributed by atoms with Crippen LogP contribution >= 0.6 is 0 Å². The average molecular weight is 377 g/mol. The Morgan fingerprint density at radius 3 is 2.04 bits per heavy atom. The summed E-state index contributed by atoms with van der Waals surface area (Å²) in [6, 6.07) is 17.1. The Morgan fingerprint density at radius 2 is 1.43 bits per heavy atom. The van der Waals surface area contributed by atoms with E-state index in [4.69, 9.17) is 9.47 Å². The normalized spacial score (nSPS) is 14.4. The summed E-state index contributed by atoms with van der Waals surface area (Å²) in [4.78, 5) is 2.54. The Bertz CT molecular complexity index is 883. The Morgan fingerprint density at radius 1 is 0.786 bits per heavy atom. The molecule has 3 aromatic rings. The second-order valence-electron chi connectivity index (χ2n) is 7.43. The van der Waals surface area contributed by atoms with Crippen LogP contribution in [-0.2, 0) is 25.9 Å². The van der Waals surface area contributed by atoms with Crippen LogP contribution < -0.4 is 9.47 Å². The smallest absolute Gasteiger partial charge is 0.161 e. The van der Waals surface area contributed by atoms with Crippen molar-refractivity contribution in [1.29, 1.82) is 0 Å². The van der Waals surface area contributed by atoms with Crippen LogP contribution in [-0.4, -0.2) is 36.8 Å². The molecule has 4 nitrogen and oxygen atoms in total. The summed E-state index contributed by atoms with van der Waals surface area (Å²) in [5.74, 6) is 1.65. The van der Waals surface area contributed by atoms with Crippen LogP contribution in [0.5, 0.6) is 11.5 Å². The highest BCUT2D eigenvalue weighted by Gasteiger charge is 2.17. The van der Waals surface area contributed by atoms with Crippen molar-refractivity contribution in [3.05, 3.63) is 83.2 Å². The van der Waals surface area contributed by atoms with Crippen molar-refractivity contribution in [1.82, 2.24) is 9.47 Å². The van der Waals surface area contributed by atoms with Gasteiger partial charge in [-0.05, 0) is 53.3 Å². The summed E-state index contributed by atoms with van der Waals surface area (Å²) in [7, 11) is 3.40. The first kappa shape index (κ1) is 18.6. The molecule has 2 heterocycles. The molecule has 0 fully saturated rings.